The molecule has 0 saturated heterocycles. The number of aryl methyl sites for hydroxylation is 2. The van der Waals surface area contributed by atoms with Gasteiger partial charge in [-0.3, -0.25) is 4.79 Å². The van der Waals surface area contributed by atoms with E-state index in [0.717, 1.165) is 32.9 Å². The zero-order valence-electron chi connectivity index (χ0n) is 17.0. The van der Waals surface area contributed by atoms with Crippen LogP contribution < -0.4 is 14.2 Å². The molecular weight excluding hydrogens is 436 g/mol. The number of ether oxygens (including phenoxy) is 4. The summed E-state index contributed by atoms with van der Waals surface area (Å²) in [6.07, 6.45) is 1.81. The summed E-state index contributed by atoms with van der Waals surface area (Å²) in [6, 6.07) is 9.28. The van der Waals surface area contributed by atoms with Crippen LogP contribution in [-0.4, -0.2) is 12.6 Å². The molecule has 2 aromatic carbocycles. The van der Waals surface area contributed by atoms with Gasteiger partial charge in [-0.25, -0.2) is 0 Å². The number of carbonyl (C=O) groups excluding carboxylic acids is 1. The van der Waals surface area contributed by atoms with E-state index in [1.165, 1.54) is 0 Å². The molecule has 0 fully saturated rings. The van der Waals surface area contributed by atoms with Crippen LogP contribution in [0.5, 0.6) is 17.2 Å². The third-order valence-electron chi connectivity index (χ3n) is 5.25. The number of thiophene rings is 1. The van der Waals surface area contributed by atoms with Crippen LogP contribution in [0.2, 0.25) is 5.02 Å². The molecule has 0 spiro atoms. The Morgan fingerprint density at radius 2 is 2.06 bits per heavy atom. The Morgan fingerprint density at radius 1 is 1.19 bits per heavy atom. The first-order chi connectivity index (χ1) is 15.0. The van der Waals surface area contributed by atoms with E-state index in [-0.39, 0.29) is 19.2 Å². The van der Waals surface area contributed by atoms with Crippen molar-refractivity contribution in [3.8, 4) is 17.2 Å². The quantitative estimate of drug-likeness (QED) is 0.447. The van der Waals surface area contributed by atoms with Crippen molar-refractivity contribution in [1.29, 1.82) is 0 Å². The lowest BCUT2D eigenvalue weighted by atomic mass is 10.0. The number of hydrogen-bond acceptors (Lipinski definition) is 6. The summed E-state index contributed by atoms with van der Waals surface area (Å²) in [5.74, 6) is 2.09. The largest absolute Gasteiger partial charge is 0.489 e. The van der Waals surface area contributed by atoms with Crippen LogP contribution in [0.3, 0.4) is 0 Å². The lowest BCUT2D eigenvalue weighted by Crippen LogP contribution is -2.14. The van der Waals surface area contributed by atoms with E-state index in [0.29, 0.717) is 34.5 Å². The predicted octanol–water partition coefficient (Wildman–Crippen LogP) is 6.08. The van der Waals surface area contributed by atoms with E-state index in [2.05, 4.69) is 0 Å². The summed E-state index contributed by atoms with van der Waals surface area (Å²) in [7, 11) is 0. The molecule has 158 valence electrons. The number of Topliss-reactive ketones (excluding diaryl/α,β-unsaturated/α-hetero) is 1. The molecule has 1 aromatic heterocycles. The van der Waals surface area contributed by atoms with Crippen molar-refractivity contribution in [2.24, 2.45) is 0 Å². The van der Waals surface area contributed by atoms with Gasteiger partial charge in [-0.05, 0) is 54.6 Å². The molecule has 2 aliphatic heterocycles. The van der Waals surface area contributed by atoms with Crippen LogP contribution in [0.4, 0.5) is 0 Å². The number of ketones is 1. The number of fused-ring (bicyclic) bond motifs is 2. The van der Waals surface area contributed by atoms with E-state index >= 15 is 0 Å². The van der Waals surface area contributed by atoms with Gasteiger partial charge in [-0.2, -0.15) is 0 Å². The van der Waals surface area contributed by atoms with Crippen molar-refractivity contribution in [3.05, 3.63) is 79.2 Å². The average Bonchev–Trinajstić information content (AvgIpc) is 3.29. The fourth-order valence-corrected chi connectivity index (χ4v) is 4.85. The van der Waals surface area contributed by atoms with Crippen LogP contribution in [-0.2, 0) is 18.0 Å². The molecule has 0 bridgehead atoms. The molecule has 0 atom stereocenters. The molecule has 0 saturated carbocycles. The highest BCUT2D eigenvalue weighted by atomic mass is 35.5. The normalized spacial score (nSPS) is 16.0. The third-order valence-corrected chi connectivity index (χ3v) is 6.44. The second kappa shape index (κ2) is 8.04. The van der Waals surface area contributed by atoms with Gasteiger partial charge in [0.05, 0.1) is 12.2 Å². The molecule has 0 radical (unpaired) electrons. The van der Waals surface area contributed by atoms with Crippen molar-refractivity contribution in [3.63, 3.8) is 0 Å². The molecule has 5 rings (SSSR count). The average molecular weight is 455 g/mol. The minimum atomic E-state index is -0.107. The second-order valence-corrected chi connectivity index (χ2v) is 8.86. The summed E-state index contributed by atoms with van der Waals surface area (Å²) in [5, 5.41) is 2.60. The van der Waals surface area contributed by atoms with Crippen molar-refractivity contribution >= 4 is 34.8 Å². The lowest BCUT2D eigenvalue weighted by molar-refractivity contribution is -0.0175. The summed E-state index contributed by atoms with van der Waals surface area (Å²) in [5.41, 5.74) is 4.24. The highest BCUT2D eigenvalue weighted by Gasteiger charge is 2.30. The number of halogens is 1. The Bertz CT molecular complexity index is 1230. The van der Waals surface area contributed by atoms with Gasteiger partial charge in [0.15, 0.2) is 12.6 Å². The van der Waals surface area contributed by atoms with Crippen LogP contribution in [0.25, 0.3) is 6.08 Å². The smallest absolute Gasteiger partial charge is 0.232 e. The number of carbonyl (C=O) groups is 1. The van der Waals surface area contributed by atoms with E-state index in [1.54, 1.807) is 23.5 Å². The molecule has 0 aliphatic carbocycles. The van der Waals surface area contributed by atoms with Gasteiger partial charge < -0.3 is 18.9 Å². The minimum absolute atomic E-state index is 0.107. The van der Waals surface area contributed by atoms with Gasteiger partial charge in [0, 0.05) is 33.2 Å². The molecule has 3 aromatic rings. The number of benzene rings is 2. The maximum atomic E-state index is 12.9. The number of rotatable bonds is 4. The topological polar surface area (TPSA) is 54.0 Å². The Labute approximate surface area is 188 Å². The summed E-state index contributed by atoms with van der Waals surface area (Å²) < 4.78 is 22.9. The van der Waals surface area contributed by atoms with Crippen LogP contribution in [0, 0.1) is 13.8 Å². The Balaban J connectivity index is 1.40. The van der Waals surface area contributed by atoms with Crippen LogP contribution in [0.1, 0.15) is 37.5 Å². The second-order valence-electron chi connectivity index (χ2n) is 7.47. The Kier molecular flexibility index (Phi) is 5.22. The van der Waals surface area contributed by atoms with E-state index in [9.17, 15) is 4.79 Å². The van der Waals surface area contributed by atoms with Gasteiger partial charge in [0.1, 0.15) is 23.9 Å². The first-order valence-corrected chi connectivity index (χ1v) is 11.0. The molecule has 0 N–H and O–H groups in total. The summed E-state index contributed by atoms with van der Waals surface area (Å²) >= 11 is 7.82. The zero-order chi connectivity index (χ0) is 21.5. The van der Waals surface area contributed by atoms with Crippen molar-refractivity contribution in [1.82, 2.24) is 0 Å². The molecule has 5 nitrogen and oxygen atoms in total. The maximum Gasteiger partial charge on any atom is 0.232 e. The highest BCUT2D eigenvalue weighted by Crippen LogP contribution is 2.39. The Morgan fingerprint density at radius 3 is 2.87 bits per heavy atom. The molecular formula is C24H19ClO5S. The van der Waals surface area contributed by atoms with Crippen LogP contribution >= 0.6 is 22.9 Å². The monoisotopic (exact) mass is 454 g/mol. The zero-order valence-corrected chi connectivity index (χ0v) is 18.6. The van der Waals surface area contributed by atoms with Crippen molar-refractivity contribution in [2.75, 3.05) is 6.79 Å². The van der Waals surface area contributed by atoms with E-state index in [4.69, 9.17) is 30.5 Å². The molecule has 31 heavy (non-hydrogen) atoms. The molecule has 2 aliphatic rings. The first kappa shape index (κ1) is 20.1. The maximum absolute atomic E-state index is 12.9. The van der Waals surface area contributed by atoms with Crippen molar-refractivity contribution in [2.45, 2.75) is 27.1 Å². The third kappa shape index (κ3) is 3.82. The fraction of sp³-hybridized carbons (Fsp3) is 0.208. The highest BCUT2D eigenvalue weighted by molar-refractivity contribution is 7.11. The molecule has 0 amide bonds. The first-order valence-electron chi connectivity index (χ1n) is 9.77. The van der Waals surface area contributed by atoms with E-state index < -0.39 is 0 Å². The van der Waals surface area contributed by atoms with Gasteiger partial charge in [-0.1, -0.05) is 11.6 Å². The van der Waals surface area contributed by atoms with Gasteiger partial charge in [0.25, 0.3) is 0 Å². The fourth-order valence-electron chi connectivity index (χ4n) is 3.74. The minimum Gasteiger partial charge on any atom is -0.489 e. The van der Waals surface area contributed by atoms with E-state index in [1.807, 2.05) is 43.5 Å². The number of allylic oxidation sites excluding steroid dienone is 1. The van der Waals surface area contributed by atoms with Crippen LogP contribution in [0.15, 0.2) is 41.5 Å². The summed E-state index contributed by atoms with van der Waals surface area (Å²) in [6.45, 7) is 4.82. The molecule has 3 heterocycles. The van der Waals surface area contributed by atoms with Crippen molar-refractivity contribution < 1.29 is 23.7 Å². The molecule has 0 unspecified atom stereocenters. The standard InChI is InChI=1S/C24H19ClO5S/c1-13-3-4-31-21(13)9-20-23(26)22-14(2)5-18(8-19(22)30-20)28-11-16-7-17(25)6-15-10-27-12-29-24(15)16/h3-9H,10-12H2,1-2H3/b20-9-. The lowest BCUT2D eigenvalue weighted by Gasteiger charge is -2.21. The SMILES string of the molecule is Cc1ccsc1/C=C1\Oc2cc(OCc3cc(Cl)cc4c3OCOC4)cc(C)c2C1=O. The number of hydrogen-bond donors (Lipinski definition) is 0. The predicted molar refractivity (Wildman–Crippen MR) is 119 cm³/mol. The molecule has 7 heteroatoms. The van der Waals surface area contributed by atoms with Gasteiger partial charge in [-0.15, -0.1) is 11.3 Å². The Hall–Kier alpha value is -2.80. The van der Waals surface area contributed by atoms with Gasteiger partial charge >= 0.3 is 0 Å². The summed E-state index contributed by atoms with van der Waals surface area (Å²) in [4.78, 5) is 13.9. The van der Waals surface area contributed by atoms with Gasteiger partial charge in [0.2, 0.25) is 5.78 Å².